The molecule has 0 aliphatic rings. The SMILES string of the molecule is CCCCCN/C(C(=O)O)=C(/NCCCCC)C(=O)O. The summed E-state index contributed by atoms with van der Waals surface area (Å²) in [5.74, 6) is -2.50. The van der Waals surface area contributed by atoms with E-state index < -0.39 is 11.9 Å². The van der Waals surface area contributed by atoms with E-state index in [1.54, 1.807) is 0 Å². The topological polar surface area (TPSA) is 98.7 Å². The van der Waals surface area contributed by atoms with Gasteiger partial charge in [-0.15, -0.1) is 0 Å². The lowest BCUT2D eigenvalue weighted by atomic mass is 10.2. The van der Waals surface area contributed by atoms with E-state index in [-0.39, 0.29) is 11.4 Å². The minimum Gasteiger partial charge on any atom is -0.477 e. The van der Waals surface area contributed by atoms with Gasteiger partial charge in [-0.1, -0.05) is 39.5 Å². The lowest BCUT2D eigenvalue weighted by Gasteiger charge is -2.13. The van der Waals surface area contributed by atoms with E-state index in [1.807, 2.05) is 13.8 Å². The molecule has 0 aliphatic heterocycles. The number of aliphatic carboxylic acids is 2. The number of carbonyl (C=O) groups is 2. The Bertz CT molecular complexity index is 308. The Morgan fingerprint density at radius 2 is 1.10 bits per heavy atom. The fourth-order valence-electron chi connectivity index (χ4n) is 1.72. The van der Waals surface area contributed by atoms with Crippen molar-refractivity contribution in [3.05, 3.63) is 11.4 Å². The second-order valence-electron chi connectivity index (χ2n) is 4.63. The molecule has 4 N–H and O–H groups in total. The molecule has 0 atom stereocenters. The number of rotatable bonds is 12. The number of carboxylic acids is 2. The molecule has 0 saturated heterocycles. The van der Waals surface area contributed by atoms with Gasteiger partial charge in [0.1, 0.15) is 0 Å². The molecule has 20 heavy (non-hydrogen) atoms. The molecule has 0 radical (unpaired) electrons. The molecule has 0 fully saturated rings. The molecule has 0 saturated carbocycles. The van der Waals surface area contributed by atoms with Crippen LogP contribution in [0.5, 0.6) is 0 Å². The molecule has 0 heterocycles. The standard InChI is InChI=1S/C14H26N2O4/c1-3-5-7-9-15-11(13(17)18)12(14(19)20)16-10-8-6-4-2/h15-16H,3-10H2,1-2H3,(H,17,18)(H,19,20)/b12-11+. The summed E-state index contributed by atoms with van der Waals surface area (Å²) >= 11 is 0. The molecular formula is C14H26N2O4. The highest BCUT2D eigenvalue weighted by atomic mass is 16.4. The summed E-state index contributed by atoms with van der Waals surface area (Å²) in [6.45, 7) is 5.02. The van der Waals surface area contributed by atoms with E-state index >= 15 is 0 Å². The monoisotopic (exact) mass is 286 g/mol. The first-order chi connectivity index (χ1) is 9.54. The van der Waals surface area contributed by atoms with Crippen LogP contribution in [0, 0.1) is 0 Å². The molecule has 6 heteroatoms. The van der Waals surface area contributed by atoms with Gasteiger partial charge in [0, 0.05) is 13.1 Å². The van der Waals surface area contributed by atoms with Crippen molar-refractivity contribution >= 4 is 11.9 Å². The van der Waals surface area contributed by atoms with Crippen LogP contribution >= 0.6 is 0 Å². The van der Waals surface area contributed by atoms with Crippen LogP contribution in [-0.2, 0) is 9.59 Å². The predicted molar refractivity (Wildman–Crippen MR) is 77.4 cm³/mol. The lowest BCUT2D eigenvalue weighted by molar-refractivity contribution is -0.136. The van der Waals surface area contributed by atoms with Crippen LogP contribution in [0.15, 0.2) is 11.4 Å². The fraction of sp³-hybridized carbons (Fsp3) is 0.714. The number of unbranched alkanes of at least 4 members (excludes halogenated alkanes) is 4. The average Bonchev–Trinajstić information content (AvgIpc) is 2.39. The van der Waals surface area contributed by atoms with Gasteiger partial charge in [0.15, 0.2) is 11.4 Å². The Morgan fingerprint density at radius 3 is 1.35 bits per heavy atom. The molecule has 0 aliphatic carbocycles. The quantitative estimate of drug-likeness (QED) is 0.323. The average molecular weight is 286 g/mol. The lowest BCUT2D eigenvalue weighted by Crippen LogP contribution is -2.32. The third kappa shape index (κ3) is 7.66. The maximum atomic E-state index is 11.2. The number of hydrogen-bond acceptors (Lipinski definition) is 4. The molecule has 0 aromatic carbocycles. The van der Waals surface area contributed by atoms with Crippen LogP contribution < -0.4 is 10.6 Å². The Hall–Kier alpha value is -1.72. The van der Waals surface area contributed by atoms with Crippen molar-refractivity contribution in [3.63, 3.8) is 0 Å². The summed E-state index contributed by atoms with van der Waals surface area (Å²) < 4.78 is 0. The van der Waals surface area contributed by atoms with Crippen molar-refractivity contribution < 1.29 is 19.8 Å². The molecule has 116 valence electrons. The van der Waals surface area contributed by atoms with Gasteiger partial charge in [-0.2, -0.15) is 0 Å². The molecule has 0 aromatic heterocycles. The third-order valence-electron chi connectivity index (χ3n) is 2.84. The summed E-state index contributed by atoms with van der Waals surface area (Å²) in [5, 5.41) is 23.7. The Balaban J connectivity index is 4.67. The maximum absolute atomic E-state index is 11.2. The van der Waals surface area contributed by atoms with Gasteiger partial charge >= 0.3 is 11.9 Å². The van der Waals surface area contributed by atoms with Crippen molar-refractivity contribution in [1.29, 1.82) is 0 Å². The van der Waals surface area contributed by atoms with Gasteiger partial charge in [0.25, 0.3) is 0 Å². The van der Waals surface area contributed by atoms with E-state index in [0.717, 1.165) is 38.5 Å². The van der Waals surface area contributed by atoms with E-state index in [1.165, 1.54) is 0 Å². The van der Waals surface area contributed by atoms with Gasteiger partial charge < -0.3 is 20.8 Å². The summed E-state index contributed by atoms with van der Waals surface area (Å²) in [6.07, 6.45) is 5.63. The van der Waals surface area contributed by atoms with Crippen molar-refractivity contribution in [2.75, 3.05) is 13.1 Å². The number of nitrogens with one attached hydrogen (secondary N) is 2. The van der Waals surface area contributed by atoms with Crippen LogP contribution in [0.4, 0.5) is 0 Å². The van der Waals surface area contributed by atoms with E-state index in [0.29, 0.717) is 13.1 Å². The Kier molecular flexibility index (Phi) is 10.2. The van der Waals surface area contributed by atoms with Crippen molar-refractivity contribution in [2.45, 2.75) is 52.4 Å². The zero-order valence-corrected chi connectivity index (χ0v) is 12.4. The molecule has 0 spiro atoms. The first-order valence-electron chi connectivity index (χ1n) is 7.23. The molecule has 0 bridgehead atoms. The minimum absolute atomic E-state index is 0.259. The zero-order chi connectivity index (χ0) is 15.4. The van der Waals surface area contributed by atoms with Gasteiger partial charge in [0.2, 0.25) is 0 Å². The highest BCUT2D eigenvalue weighted by molar-refractivity contribution is 5.97. The van der Waals surface area contributed by atoms with Crippen LogP contribution in [0.2, 0.25) is 0 Å². The van der Waals surface area contributed by atoms with Crippen LogP contribution in [-0.4, -0.2) is 35.2 Å². The highest BCUT2D eigenvalue weighted by Gasteiger charge is 2.19. The number of hydrogen-bond donors (Lipinski definition) is 4. The summed E-state index contributed by atoms with van der Waals surface area (Å²) in [6, 6.07) is 0. The summed E-state index contributed by atoms with van der Waals surface area (Å²) in [5.41, 5.74) is -0.518. The van der Waals surface area contributed by atoms with E-state index in [9.17, 15) is 9.59 Å². The smallest absolute Gasteiger partial charge is 0.354 e. The van der Waals surface area contributed by atoms with Crippen LogP contribution in [0.3, 0.4) is 0 Å². The van der Waals surface area contributed by atoms with Crippen molar-refractivity contribution in [2.24, 2.45) is 0 Å². The predicted octanol–water partition coefficient (Wildman–Crippen LogP) is 1.93. The molecule has 0 unspecified atom stereocenters. The molecule has 6 nitrogen and oxygen atoms in total. The first kappa shape index (κ1) is 18.3. The Labute approximate surface area is 120 Å². The second kappa shape index (κ2) is 11.1. The molecule has 0 amide bonds. The van der Waals surface area contributed by atoms with Crippen molar-refractivity contribution in [1.82, 2.24) is 10.6 Å². The largest absolute Gasteiger partial charge is 0.477 e. The first-order valence-corrected chi connectivity index (χ1v) is 7.23. The molecular weight excluding hydrogens is 260 g/mol. The van der Waals surface area contributed by atoms with Crippen LogP contribution in [0.1, 0.15) is 52.4 Å². The minimum atomic E-state index is -1.25. The van der Waals surface area contributed by atoms with Crippen molar-refractivity contribution in [3.8, 4) is 0 Å². The maximum Gasteiger partial charge on any atom is 0.354 e. The summed E-state index contributed by atoms with van der Waals surface area (Å²) in [7, 11) is 0. The molecule has 0 rings (SSSR count). The number of carboxylic acid groups (broad SMARTS) is 2. The van der Waals surface area contributed by atoms with E-state index in [4.69, 9.17) is 10.2 Å². The van der Waals surface area contributed by atoms with Gasteiger partial charge in [-0.3, -0.25) is 0 Å². The Morgan fingerprint density at radius 1 is 0.750 bits per heavy atom. The normalized spacial score (nSPS) is 11.7. The van der Waals surface area contributed by atoms with Gasteiger partial charge in [0.05, 0.1) is 0 Å². The second-order valence-corrected chi connectivity index (χ2v) is 4.63. The molecule has 0 aromatic rings. The van der Waals surface area contributed by atoms with E-state index in [2.05, 4.69) is 10.6 Å². The van der Waals surface area contributed by atoms with Gasteiger partial charge in [-0.05, 0) is 12.8 Å². The fourth-order valence-corrected chi connectivity index (χ4v) is 1.72. The van der Waals surface area contributed by atoms with Gasteiger partial charge in [-0.25, -0.2) is 9.59 Å². The summed E-state index contributed by atoms with van der Waals surface area (Å²) in [4.78, 5) is 22.3. The highest BCUT2D eigenvalue weighted by Crippen LogP contribution is 2.02. The zero-order valence-electron chi connectivity index (χ0n) is 12.4. The van der Waals surface area contributed by atoms with Crippen LogP contribution in [0.25, 0.3) is 0 Å². The third-order valence-corrected chi connectivity index (χ3v) is 2.84.